The van der Waals surface area contributed by atoms with E-state index in [1.807, 2.05) is 0 Å². The molecule has 1 heterocycles. The number of halogens is 2. The molecule has 62 valence electrons. The van der Waals surface area contributed by atoms with Crippen molar-refractivity contribution in [3.63, 3.8) is 0 Å². The minimum Gasteiger partial charge on any atom is -0.330 e. The van der Waals surface area contributed by atoms with E-state index in [4.69, 9.17) is 28.9 Å². The van der Waals surface area contributed by atoms with Crippen LogP contribution in [0.2, 0.25) is 0 Å². The molecule has 1 atom stereocenters. The first-order chi connectivity index (χ1) is 5.16. The molecule has 5 heteroatoms. The van der Waals surface area contributed by atoms with Gasteiger partial charge in [0.1, 0.15) is 5.17 Å². The number of alkyl halides is 1. The highest BCUT2D eigenvalue weighted by Crippen LogP contribution is 2.28. The number of aliphatic imine (C=N–C) groups is 2. The van der Waals surface area contributed by atoms with Crippen molar-refractivity contribution in [3.05, 3.63) is 0 Å². The van der Waals surface area contributed by atoms with Crippen LogP contribution in [0.3, 0.4) is 0 Å². The molecular formula is C6H9Cl2N3. The van der Waals surface area contributed by atoms with Crippen molar-refractivity contribution >= 4 is 34.6 Å². The molecule has 0 saturated heterocycles. The Morgan fingerprint density at radius 1 is 1.64 bits per heavy atom. The Labute approximate surface area is 75.3 Å². The molecule has 0 aromatic rings. The molecule has 0 radical (unpaired) electrons. The van der Waals surface area contributed by atoms with E-state index in [0.29, 0.717) is 18.1 Å². The van der Waals surface area contributed by atoms with E-state index in [-0.39, 0.29) is 0 Å². The highest BCUT2D eigenvalue weighted by Gasteiger charge is 2.27. The first-order valence-electron chi connectivity index (χ1n) is 3.36. The van der Waals surface area contributed by atoms with Crippen molar-refractivity contribution in [1.82, 2.24) is 0 Å². The Morgan fingerprint density at radius 3 is 2.82 bits per heavy atom. The van der Waals surface area contributed by atoms with E-state index in [0.717, 1.165) is 6.42 Å². The zero-order valence-electron chi connectivity index (χ0n) is 5.93. The highest BCUT2D eigenvalue weighted by molar-refractivity contribution is 6.80. The van der Waals surface area contributed by atoms with Crippen LogP contribution in [-0.4, -0.2) is 23.1 Å². The van der Waals surface area contributed by atoms with Crippen molar-refractivity contribution in [3.8, 4) is 0 Å². The molecule has 0 aromatic heterocycles. The van der Waals surface area contributed by atoms with Crippen LogP contribution in [0.15, 0.2) is 9.98 Å². The summed E-state index contributed by atoms with van der Waals surface area (Å²) >= 11 is 11.5. The molecule has 0 aliphatic carbocycles. The van der Waals surface area contributed by atoms with E-state index in [9.17, 15) is 0 Å². The second kappa shape index (κ2) is 3.52. The third kappa shape index (κ3) is 2.43. The lowest BCUT2D eigenvalue weighted by Crippen LogP contribution is -2.14. The molecule has 0 aromatic carbocycles. The number of hydrogen-bond donors (Lipinski definition) is 1. The molecule has 1 aliphatic heterocycles. The van der Waals surface area contributed by atoms with Crippen LogP contribution in [-0.2, 0) is 0 Å². The van der Waals surface area contributed by atoms with Crippen molar-refractivity contribution in [2.75, 3.05) is 6.54 Å². The number of hydrogen-bond acceptors (Lipinski definition) is 3. The topological polar surface area (TPSA) is 50.7 Å². The normalized spacial score (nSPS) is 29.2. The molecule has 1 rings (SSSR count). The summed E-state index contributed by atoms with van der Waals surface area (Å²) in [6.07, 6.45) is 2.90. The second-order valence-electron chi connectivity index (χ2n) is 2.30. The molecule has 2 N–H and O–H groups in total. The minimum absolute atomic E-state index is 0.358. The smallest absolute Gasteiger partial charge is 0.227 e. The molecule has 0 spiro atoms. The fourth-order valence-electron chi connectivity index (χ4n) is 0.821. The molecule has 0 fully saturated rings. The van der Waals surface area contributed by atoms with E-state index < -0.39 is 5.12 Å². The maximum absolute atomic E-state index is 5.92. The first kappa shape index (κ1) is 8.97. The molecule has 3 nitrogen and oxygen atoms in total. The van der Waals surface area contributed by atoms with Crippen LogP contribution in [0, 0.1) is 0 Å². The van der Waals surface area contributed by atoms with Gasteiger partial charge in [0, 0.05) is 6.42 Å². The van der Waals surface area contributed by atoms with Gasteiger partial charge in [-0.05, 0) is 13.0 Å². The lowest BCUT2D eigenvalue weighted by Gasteiger charge is -2.12. The maximum Gasteiger partial charge on any atom is 0.227 e. The fraction of sp³-hybridized carbons (Fsp3) is 0.667. The molecular weight excluding hydrogens is 185 g/mol. The van der Waals surface area contributed by atoms with E-state index in [1.165, 1.54) is 6.21 Å². The summed E-state index contributed by atoms with van der Waals surface area (Å²) in [5.74, 6) is 0. The Kier molecular flexibility index (Phi) is 2.87. The second-order valence-corrected chi connectivity index (χ2v) is 3.30. The molecule has 0 amide bonds. The summed E-state index contributed by atoms with van der Waals surface area (Å²) in [5, 5.41) is -0.506. The average Bonchev–Trinajstić information content (AvgIpc) is 2.28. The van der Waals surface area contributed by atoms with Crippen LogP contribution < -0.4 is 5.73 Å². The third-order valence-corrected chi connectivity index (χ3v) is 1.90. The monoisotopic (exact) mass is 193 g/mol. The van der Waals surface area contributed by atoms with Crippen LogP contribution >= 0.6 is 23.2 Å². The number of nitrogens with zero attached hydrogens (tertiary/aromatic N) is 2. The van der Waals surface area contributed by atoms with Gasteiger partial charge in [-0.15, -0.1) is 0 Å². The quantitative estimate of drug-likeness (QED) is 0.534. The largest absolute Gasteiger partial charge is 0.330 e. The number of nitrogens with two attached hydrogens (primary N) is 1. The van der Waals surface area contributed by atoms with Crippen molar-refractivity contribution in [2.45, 2.75) is 18.0 Å². The molecule has 0 bridgehead atoms. The van der Waals surface area contributed by atoms with Crippen molar-refractivity contribution < 1.29 is 0 Å². The summed E-state index contributed by atoms with van der Waals surface area (Å²) in [7, 11) is 0. The van der Waals surface area contributed by atoms with Crippen LogP contribution in [0.4, 0.5) is 0 Å². The summed E-state index contributed by atoms with van der Waals surface area (Å²) < 4.78 is 0. The SMILES string of the molecule is NCCCC1(Cl)N=CC(Cl)=N1. The summed E-state index contributed by atoms with van der Waals surface area (Å²) in [4.78, 5) is 7.86. The van der Waals surface area contributed by atoms with Gasteiger partial charge in [-0.1, -0.05) is 23.2 Å². The zero-order valence-corrected chi connectivity index (χ0v) is 7.44. The average molecular weight is 194 g/mol. The van der Waals surface area contributed by atoms with Crippen molar-refractivity contribution in [1.29, 1.82) is 0 Å². The minimum atomic E-state index is -0.865. The van der Waals surface area contributed by atoms with Gasteiger partial charge in [0.2, 0.25) is 5.12 Å². The maximum atomic E-state index is 5.92. The van der Waals surface area contributed by atoms with Gasteiger partial charge >= 0.3 is 0 Å². The van der Waals surface area contributed by atoms with E-state index >= 15 is 0 Å². The van der Waals surface area contributed by atoms with Gasteiger partial charge in [0.25, 0.3) is 0 Å². The highest BCUT2D eigenvalue weighted by atomic mass is 35.5. The lowest BCUT2D eigenvalue weighted by atomic mass is 10.2. The van der Waals surface area contributed by atoms with Crippen LogP contribution in [0.25, 0.3) is 0 Å². The Morgan fingerprint density at radius 2 is 2.36 bits per heavy atom. The van der Waals surface area contributed by atoms with Gasteiger partial charge in [-0.25, -0.2) is 9.98 Å². The predicted molar refractivity (Wildman–Crippen MR) is 48.7 cm³/mol. The van der Waals surface area contributed by atoms with E-state index in [2.05, 4.69) is 9.98 Å². The van der Waals surface area contributed by atoms with Crippen molar-refractivity contribution in [2.24, 2.45) is 15.7 Å². The Hall–Kier alpha value is -0.120. The van der Waals surface area contributed by atoms with E-state index in [1.54, 1.807) is 0 Å². The van der Waals surface area contributed by atoms with Gasteiger partial charge in [0.05, 0.1) is 6.21 Å². The van der Waals surface area contributed by atoms with Crippen LogP contribution in [0.1, 0.15) is 12.8 Å². The summed E-state index contributed by atoms with van der Waals surface area (Å²) in [6, 6.07) is 0. The van der Waals surface area contributed by atoms with Gasteiger partial charge in [-0.2, -0.15) is 0 Å². The predicted octanol–water partition coefficient (Wildman–Crippen LogP) is 1.34. The number of rotatable bonds is 3. The molecule has 1 aliphatic rings. The third-order valence-electron chi connectivity index (χ3n) is 1.35. The first-order valence-corrected chi connectivity index (χ1v) is 4.11. The fourth-order valence-corrected chi connectivity index (χ4v) is 1.33. The summed E-state index contributed by atoms with van der Waals surface area (Å²) in [6.45, 7) is 0.594. The lowest BCUT2D eigenvalue weighted by molar-refractivity contribution is 0.565. The standard InChI is InChI=1S/C6H9Cl2N3/c7-5-4-10-6(8,11-5)2-1-3-9/h4H,1-3,9H2. The van der Waals surface area contributed by atoms with Gasteiger partial charge in [0.15, 0.2) is 0 Å². The molecule has 1 unspecified atom stereocenters. The zero-order chi connectivity index (χ0) is 8.32. The summed E-state index contributed by atoms with van der Waals surface area (Å²) in [5.41, 5.74) is 5.31. The van der Waals surface area contributed by atoms with Gasteiger partial charge in [-0.3, -0.25) is 0 Å². The molecule has 0 saturated carbocycles. The Balaban J connectivity index is 2.50. The van der Waals surface area contributed by atoms with Crippen LogP contribution in [0.5, 0.6) is 0 Å². The molecule has 11 heavy (non-hydrogen) atoms. The van der Waals surface area contributed by atoms with Gasteiger partial charge < -0.3 is 5.73 Å². The Bertz CT molecular complexity index is 202.